The summed E-state index contributed by atoms with van der Waals surface area (Å²) in [7, 11) is -3.73. The number of aryl methyl sites for hydroxylation is 2. The van der Waals surface area contributed by atoms with Crippen molar-refractivity contribution in [3.8, 4) is 0 Å². The molecule has 33 heavy (non-hydrogen) atoms. The van der Waals surface area contributed by atoms with Crippen LogP contribution < -0.4 is 14.9 Å². The molecule has 0 saturated carbocycles. The van der Waals surface area contributed by atoms with E-state index in [1.165, 1.54) is 0 Å². The number of carbonyl (C=O) groups is 1. The molecule has 8 nitrogen and oxygen atoms in total. The van der Waals surface area contributed by atoms with Crippen LogP contribution in [0.3, 0.4) is 0 Å². The predicted octanol–water partition coefficient (Wildman–Crippen LogP) is 3.59. The van der Waals surface area contributed by atoms with Gasteiger partial charge >= 0.3 is 0 Å². The first-order valence-electron chi connectivity index (χ1n) is 10.6. The Hall–Kier alpha value is -3.43. The molecule has 0 atom stereocenters. The molecule has 1 fully saturated rings. The van der Waals surface area contributed by atoms with Gasteiger partial charge in [-0.2, -0.15) is 0 Å². The molecule has 0 aliphatic carbocycles. The summed E-state index contributed by atoms with van der Waals surface area (Å²) in [5.74, 6) is 0.396. The van der Waals surface area contributed by atoms with E-state index < -0.39 is 10.0 Å². The Morgan fingerprint density at radius 1 is 1.00 bits per heavy atom. The number of nitrogens with one attached hydrogen (secondary N) is 2. The minimum atomic E-state index is -3.73. The highest BCUT2D eigenvalue weighted by Crippen LogP contribution is 2.25. The number of pyridine rings is 1. The lowest BCUT2D eigenvalue weighted by atomic mass is 10.1. The number of benzene rings is 2. The van der Waals surface area contributed by atoms with Crippen molar-refractivity contribution in [1.29, 1.82) is 0 Å². The third-order valence-corrected chi connectivity index (χ3v) is 6.91. The fourth-order valence-corrected chi connectivity index (χ4v) is 4.64. The van der Waals surface area contributed by atoms with Gasteiger partial charge in [-0.3, -0.25) is 9.52 Å². The summed E-state index contributed by atoms with van der Waals surface area (Å²) in [5.41, 5.74) is 3.32. The van der Waals surface area contributed by atoms with Gasteiger partial charge in [-0.15, -0.1) is 0 Å². The molecule has 3 aromatic rings. The molecule has 2 aromatic carbocycles. The number of aromatic nitrogens is 1. The van der Waals surface area contributed by atoms with E-state index in [4.69, 9.17) is 4.74 Å². The van der Waals surface area contributed by atoms with E-state index in [2.05, 4.69) is 19.9 Å². The van der Waals surface area contributed by atoms with Crippen LogP contribution in [0.15, 0.2) is 65.7 Å². The summed E-state index contributed by atoms with van der Waals surface area (Å²) in [4.78, 5) is 19.5. The molecule has 172 valence electrons. The van der Waals surface area contributed by atoms with E-state index in [0.29, 0.717) is 49.1 Å². The molecule has 1 aliphatic heterocycles. The second-order valence-electron chi connectivity index (χ2n) is 7.86. The minimum absolute atomic E-state index is 0.194. The highest BCUT2D eigenvalue weighted by Gasteiger charge is 2.18. The van der Waals surface area contributed by atoms with Crippen molar-refractivity contribution < 1.29 is 17.9 Å². The van der Waals surface area contributed by atoms with Gasteiger partial charge in [0.05, 0.1) is 23.8 Å². The molecular weight excluding hydrogens is 440 g/mol. The Kier molecular flexibility index (Phi) is 6.62. The van der Waals surface area contributed by atoms with E-state index >= 15 is 0 Å². The van der Waals surface area contributed by atoms with E-state index in [1.807, 2.05) is 19.9 Å². The van der Waals surface area contributed by atoms with Crippen molar-refractivity contribution in [1.82, 2.24) is 4.98 Å². The van der Waals surface area contributed by atoms with Crippen LogP contribution in [0, 0.1) is 13.8 Å². The van der Waals surface area contributed by atoms with Crippen LogP contribution in [-0.2, 0) is 14.8 Å². The van der Waals surface area contributed by atoms with Gasteiger partial charge in [-0.25, -0.2) is 13.4 Å². The molecule has 1 aliphatic rings. The van der Waals surface area contributed by atoms with Crippen LogP contribution in [0.25, 0.3) is 0 Å². The highest BCUT2D eigenvalue weighted by atomic mass is 32.2. The minimum Gasteiger partial charge on any atom is -0.378 e. The van der Waals surface area contributed by atoms with Crippen molar-refractivity contribution >= 4 is 33.1 Å². The molecule has 0 radical (unpaired) electrons. The van der Waals surface area contributed by atoms with Crippen LogP contribution in [-0.4, -0.2) is 45.6 Å². The summed E-state index contributed by atoms with van der Waals surface area (Å²) in [6, 6.07) is 14.9. The average molecular weight is 467 g/mol. The number of ether oxygens (including phenoxy) is 1. The zero-order valence-electron chi connectivity index (χ0n) is 18.5. The van der Waals surface area contributed by atoms with Gasteiger partial charge < -0.3 is 15.0 Å². The molecule has 1 amide bonds. The standard InChI is InChI=1S/C24H26N4O4S/c1-17-5-10-21(16-18(17)2)33(30,31)27-20-8-6-19(7-9-20)24(29)26-22-4-3-11-25-23(22)28-12-14-32-15-13-28/h3-11,16,27H,12-15H2,1-2H3,(H,26,29). The number of sulfonamides is 1. The summed E-state index contributed by atoms with van der Waals surface area (Å²) in [5, 5.41) is 2.91. The van der Waals surface area contributed by atoms with Gasteiger partial charge in [0.25, 0.3) is 15.9 Å². The van der Waals surface area contributed by atoms with Crippen molar-refractivity contribution in [2.45, 2.75) is 18.7 Å². The maximum atomic E-state index is 12.8. The molecule has 0 unspecified atom stereocenters. The van der Waals surface area contributed by atoms with Crippen LogP contribution in [0.1, 0.15) is 21.5 Å². The molecule has 2 heterocycles. The SMILES string of the molecule is Cc1ccc(S(=O)(=O)Nc2ccc(C(=O)Nc3cccnc3N3CCOCC3)cc2)cc1C. The lowest BCUT2D eigenvalue weighted by Gasteiger charge is -2.29. The zero-order chi connectivity index (χ0) is 23.4. The van der Waals surface area contributed by atoms with Gasteiger partial charge in [0.15, 0.2) is 5.82 Å². The fraction of sp³-hybridized carbons (Fsp3) is 0.250. The van der Waals surface area contributed by atoms with E-state index in [0.717, 1.165) is 11.1 Å². The maximum Gasteiger partial charge on any atom is 0.261 e. The fourth-order valence-electron chi connectivity index (χ4n) is 3.50. The molecule has 1 aromatic heterocycles. The summed E-state index contributed by atoms with van der Waals surface area (Å²) in [6.45, 7) is 6.43. The number of amides is 1. The van der Waals surface area contributed by atoms with Gasteiger partial charge in [0, 0.05) is 30.5 Å². The molecular formula is C24H26N4O4S. The van der Waals surface area contributed by atoms with Crippen LogP contribution >= 0.6 is 0 Å². The molecule has 9 heteroatoms. The van der Waals surface area contributed by atoms with Gasteiger partial charge in [0.2, 0.25) is 0 Å². The number of nitrogens with zero attached hydrogens (tertiary/aromatic N) is 2. The lowest BCUT2D eigenvalue weighted by Crippen LogP contribution is -2.37. The smallest absolute Gasteiger partial charge is 0.261 e. The third-order valence-electron chi connectivity index (χ3n) is 5.53. The lowest BCUT2D eigenvalue weighted by molar-refractivity contribution is 0.102. The molecule has 0 bridgehead atoms. The van der Waals surface area contributed by atoms with Crippen LogP contribution in [0.4, 0.5) is 17.2 Å². The highest BCUT2D eigenvalue weighted by molar-refractivity contribution is 7.92. The maximum absolute atomic E-state index is 12.8. The first-order valence-corrected chi connectivity index (χ1v) is 12.1. The Balaban J connectivity index is 1.46. The Labute approximate surface area is 193 Å². The van der Waals surface area contributed by atoms with Crippen LogP contribution in [0.2, 0.25) is 0 Å². The second kappa shape index (κ2) is 9.60. The van der Waals surface area contributed by atoms with E-state index in [1.54, 1.807) is 54.7 Å². The monoisotopic (exact) mass is 466 g/mol. The Morgan fingerprint density at radius 2 is 1.73 bits per heavy atom. The van der Waals surface area contributed by atoms with E-state index in [9.17, 15) is 13.2 Å². The molecule has 2 N–H and O–H groups in total. The zero-order valence-corrected chi connectivity index (χ0v) is 19.4. The Bertz CT molecular complexity index is 1250. The Morgan fingerprint density at radius 3 is 2.42 bits per heavy atom. The molecule has 0 spiro atoms. The van der Waals surface area contributed by atoms with Gasteiger partial charge in [0.1, 0.15) is 0 Å². The topological polar surface area (TPSA) is 101 Å². The summed E-state index contributed by atoms with van der Waals surface area (Å²) < 4.78 is 33.4. The summed E-state index contributed by atoms with van der Waals surface area (Å²) >= 11 is 0. The van der Waals surface area contributed by atoms with Gasteiger partial charge in [-0.1, -0.05) is 6.07 Å². The average Bonchev–Trinajstić information content (AvgIpc) is 2.82. The van der Waals surface area contributed by atoms with E-state index in [-0.39, 0.29) is 10.8 Å². The third kappa shape index (κ3) is 5.32. The number of morpholine rings is 1. The van der Waals surface area contributed by atoms with Crippen LogP contribution in [0.5, 0.6) is 0 Å². The van der Waals surface area contributed by atoms with Gasteiger partial charge in [-0.05, 0) is 73.5 Å². The van der Waals surface area contributed by atoms with Crippen molar-refractivity contribution in [2.24, 2.45) is 0 Å². The number of anilines is 3. The first kappa shape index (κ1) is 22.8. The second-order valence-corrected chi connectivity index (χ2v) is 9.54. The molecule has 4 rings (SSSR count). The molecule has 1 saturated heterocycles. The summed E-state index contributed by atoms with van der Waals surface area (Å²) in [6.07, 6.45) is 1.69. The largest absolute Gasteiger partial charge is 0.378 e. The quantitative estimate of drug-likeness (QED) is 0.576. The number of rotatable bonds is 6. The van der Waals surface area contributed by atoms with Crippen molar-refractivity contribution in [3.63, 3.8) is 0 Å². The first-order chi connectivity index (χ1) is 15.8. The number of carbonyl (C=O) groups excluding carboxylic acids is 1. The number of hydrogen-bond donors (Lipinski definition) is 2. The van der Waals surface area contributed by atoms with Crippen molar-refractivity contribution in [2.75, 3.05) is 41.2 Å². The number of hydrogen-bond acceptors (Lipinski definition) is 6. The normalized spacial score (nSPS) is 14.1. The van der Waals surface area contributed by atoms with Crippen molar-refractivity contribution in [3.05, 3.63) is 77.5 Å². The predicted molar refractivity (Wildman–Crippen MR) is 128 cm³/mol.